The summed E-state index contributed by atoms with van der Waals surface area (Å²) < 4.78 is 6.74. The van der Waals surface area contributed by atoms with Gasteiger partial charge in [-0.25, -0.2) is 4.79 Å². The zero-order chi connectivity index (χ0) is 14.0. The third-order valence-corrected chi connectivity index (χ3v) is 3.46. The van der Waals surface area contributed by atoms with E-state index in [9.17, 15) is 4.79 Å². The van der Waals surface area contributed by atoms with Crippen molar-refractivity contribution >= 4 is 11.1 Å². The fourth-order valence-corrected chi connectivity index (χ4v) is 2.16. The first-order valence-corrected chi connectivity index (χ1v) is 6.46. The summed E-state index contributed by atoms with van der Waals surface area (Å²) in [6.07, 6.45) is 0. The van der Waals surface area contributed by atoms with Gasteiger partial charge >= 0.3 is 5.76 Å². The number of fused-ring (bicyclic) bond motifs is 1. The van der Waals surface area contributed by atoms with E-state index >= 15 is 0 Å². The Hall–Kier alpha value is -1.59. The number of aryl methyl sites for hydroxylation is 1. The molecule has 0 radical (unpaired) electrons. The molecule has 0 saturated carbocycles. The minimum atomic E-state index is -0.328. The van der Waals surface area contributed by atoms with E-state index in [1.807, 2.05) is 18.2 Å². The average Bonchev–Trinajstić information content (AvgIpc) is 2.65. The zero-order valence-corrected chi connectivity index (χ0v) is 11.7. The number of rotatable bonds is 5. The maximum atomic E-state index is 11.5. The molecule has 1 heterocycles. The van der Waals surface area contributed by atoms with Crippen molar-refractivity contribution in [3.05, 3.63) is 34.3 Å². The lowest BCUT2D eigenvalue weighted by molar-refractivity contribution is 0.472. The van der Waals surface area contributed by atoms with Crippen LogP contribution in [-0.4, -0.2) is 24.2 Å². The van der Waals surface area contributed by atoms with Crippen molar-refractivity contribution in [2.24, 2.45) is 12.8 Å². The van der Waals surface area contributed by atoms with Crippen LogP contribution in [0.4, 0.5) is 0 Å². The van der Waals surface area contributed by atoms with Crippen LogP contribution in [0.5, 0.6) is 0 Å². The Bertz CT molecular complexity index is 625. The second-order valence-corrected chi connectivity index (χ2v) is 5.46. The first-order valence-electron chi connectivity index (χ1n) is 6.46. The standard InChI is InChI=1S/C14H21N3O2/c1-14(2,9-16-7-6-15)10-4-5-11-12(8-10)19-13(18)17(11)3/h4-5,8,16H,6-7,9,15H2,1-3H3. The number of benzene rings is 1. The van der Waals surface area contributed by atoms with Crippen molar-refractivity contribution in [2.75, 3.05) is 19.6 Å². The van der Waals surface area contributed by atoms with Crippen LogP contribution in [0.3, 0.4) is 0 Å². The Morgan fingerprint density at radius 1 is 1.42 bits per heavy atom. The predicted molar refractivity (Wildman–Crippen MR) is 76.4 cm³/mol. The number of hydrogen-bond donors (Lipinski definition) is 2. The number of oxazole rings is 1. The van der Waals surface area contributed by atoms with Crippen molar-refractivity contribution in [2.45, 2.75) is 19.3 Å². The summed E-state index contributed by atoms with van der Waals surface area (Å²) in [7, 11) is 1.71. The Balaban J connectivity index is 2.32. The van der Waals surface area contributed by atoms with Crippen LogP contribution >= 0.6 is 0 Å². The van der Waals surface area contributed by atoms with Crippen LogP contribution in [-0.2, 0) is 12.5 Å². The SMILES string of the molecule is Cn1c(=O)oc2cc(C(C)(C)CNCCN)ccc21. The Morgan fingerprint density at radius 2 is 2.16 bits per heavy atom. The van der Waals surface area contributed by atoms with Crippen molar-refractivity contribution in [3.63, 3.8) is 0 Å². The van der Waals surface area contributed by atoms with Gasteiger partial charge in [0.25, 0.3) is 0 Å². The highest BCUT2D eigenvalue weighted by atomic mass is 16.4. The van der Waals surface area contributed by atoms with Crippen LogP contribution < -0.4 is 16.8 Å². The third-order valence-electron chi connectivity index (χ3n) is 3.46. The van der Waals surface area contributed by atoms with Gasteiger partial charge in [-0.15, -0.1) is 0 Å². The molecule has 0 unspecified atom stereocenters. The molecule has 5 nitrogen and oxygen atoms in total. The summed E-state index contributed by atoms with van der Waals surface area (Å²) in [5.41, 5.74) is 8.02. The molecule has 0 bridgehead atoms. The summed E-state index contributed by atoms with van der Waals surface area (Å²) >= 11 is 0. The molecule has 0 aliphatic carbocycles. The maximum absolute atomic E-state index is 11.5. The molecule has 19 heavy (non-hydrogen) atoms. The van der Waals surface area contributed by atoms with Crippen molar-refractivity contribution in [3.8, 4) is 0 Å². The van der Waals surface area contributed by atoms with Crippen LogP contribution in [0.2, 0.25) is 0 Å². The molecule has 5 heteroatoms. The lowest BCUT2D eigenvalue weighted by atomic mass is 9.84. The Labute approximate surface area is 112 Å². The van der Waals surface area contributed by atoms with E-state index in [2.05, 4.69) is 19.2 Å². The minimum absolute atomic E-state index is 0.0439. The van der Waals surface area contributed by atoms with Gasteiger partial charge in [0.05, 0.1) is 5.52 Å². The Morgan fingerprint density at radius 3 is 2.84 bits per heavy atom. The number of nitrogens with one attached hydrogen (secondary N) is 1. The normalized spacial score (nSPS) is 12.2. The summed E-state index contributed by atoms with van der Waals surface area (Å²) in [5, 5.41) is 3.32. The van der Waals surface area contributed by atoms with Crippen molar-refractivity contribution in [1.82, 2.24) is 9.88 Å². The maximum Gasteiger partial charge on any atom is 0.419 e. The van der Waals surface area contributed by atoms with E-state index in [1.165, 1.54) is 4.57 Å². The first kappa shape index (κ1) is 13.8. The number of nitrogens with two attached hydrogens (primary N) is 1. The molecule has 0 atom stereocenters. The molecule has 2 rings (SSSR count). The smallest absolute Gasteiger partial charge is 0.408 e. The molecule has 0 aliphatic rings. The van der Waals surface area contributed by atoms with Gasteiger partial charge in [0, 0.05) is 32.1 Å². The molecule has 0 saturated heterocycles. The lowest BCUT2D eigenvalue weighted by Crippen LogP contribution is -2.35. The molecule has 0 fully saturated rings. The minimum Gasteiger partial charge on any atom is -0.408 e. The van der Waals surface area contributed by atoms with Gasteiger partial charge in [0.1, 0.15) is 0 Å². The van der Waals surface area contributed by atoms with Crippen molar-refractivity contribution in [1.29, 1.82) is 0 Å². The number of aromatic nitrogens is 1. The van der Waals surface area contributed by atoms with E-state index in [-0.39, 0.29) is 11.2 Å². The van der Waals surface area contributed by atoms with Gasteiger partial charge in [-0.1, -0.05) is 19.9 Å². The molecule has 0 spiro atoms. The molecule has 0 aliphatic heterocycles. The highest BCUT2D eigenvalue weighted by Crippen LogP contribution is 2.25. The molecule has 104 valence electrons. The molecule has 0 amide bonds. The summed E-state index contributed by atoms with van der Waals surface area (Å²) in [6.45, 7) is 6.55. The first-order chi connectivity index (χ1) is 8.95. The average molecular weight is 263 g/mol. The van der Waals surface area contributed by atoms with E-state index in [0.717, 1.165) is 24.2 Å². The molecular weight excluding hydrogens is 242 g/mol. The van der Waals surface area contributed by atoms with Crippen LogP contribution in [0, 0.1) is 0 Å². The molecular formula is C14H21N3O2. The molecule has 1 aromatic carbocycles. The predicted octanol–water partition coefficient (Wildman–Crippen LogP) is 0.957. The summed E-state index contributed by atoms with van der Waals surface area (Å²) in [4.78, 5) is 11.5. The molecule has 3 N–H and O–H groups in total. The van der Waals surface area contributed by atoms with Gasteiger partial charge < -0.3 is 15.5 Å². The second kappa shape index (κ2) is 5.19. The second-order valence-electron chi connectivity index (χ2n) is 5.46. The zero-order valence-electron chi connectivity index (χ0n) is 11.7. The van der Waals surface area contributed by atoms with Gasteiger partial charge in [0.15, 0.2) is 5.58 Å². The lowest BCUT2D eigenvalue weighted by Gasteiger charge is -2.25. The van der Waals surface area contributed by atoms with Crippen molar-refractivity contribution < 1.29 is 4.42 Å². The van der Waals surface area contributed by atoms with E-state index < -0.39 is 0 Å². The highest BCUT2D eigenvalue weighted by Gasteiger charge is 2.21. The summed E-state index contributed by atoms with van der Waals surface area (Å²) in [6, 6.07) is 5.92. The van der Waals surface area contributed by atoms with Crippen LogP contribution in [0.15, 0.2) is 27.4 Å². The van der Waals surface area contributed by atoms with E-state index in [4.69, 9.17) is 10.2 Å². The topological polar surface area (TPSA) is 73.2 Å². The van der Waals surface area contributed by atoms with Gasteiger partial charge in [-0.3, -0.25) is 4.57 Å². The summed E-state index contributed by atoms with van der Waals surface area (Å²) in [5.74, 6) is -0.328. The number of hydrogen-bond acceptors (Lipinski definition) is 4. The monoisotopic (exact) mass is 263 g/mol. The van der Waals surface area contributed by atoms with Crippen LogP contribution in [0.1, 0.15) is 19.4 Å². The van der Waals surface area contributed by atoms with Gasteiger partial charge in [-0.05, 0) is 17.7 Å². The van der Waals surface area contributed by atoms with Gasteiger partial charge in [-0.2, -0.15) is 0 Å². The molecule has 1 aromatic heterocycles. The van der Waals surface area contributed by atoms with Crippen LogP contribution in [0.25, 0.3) is 11.1 Å². The van der Waals surface area contributed by atoms with E-state index in [0.29, 0.717) is 12.1 Å². The van der Waals surface area contributed by atoms with E-state index in [1.54, 1.807) is 7.05 Å². The van der Waals surface area contributed by atoms with Gasteiger partial charge in [0.2, 0.25) is 0 Å². The largest absolute Gasteiger partial charge is 0.419 e. The fraction of sp³-hybridized carbons (Fsp3) is 0.500. The fourth-order valence-electron chi connectivity index (χ4n) is 2.16. The molecule has 2 aromatic rings. The quantitative estimate of drug-likeness (QED) is 0.788. The number of nitrogens with zero attached hydrogens (tertiary/aromatic N) is 1. The third kappa shape index (κ3) is 2.72. The highest BCUT2D eigenvalue weighted by molar-refractivity contribution is 5.74. The Kier molecular flexibility index (Phi) is 3.78.